The Kier molecular flexibility index (Phi) is 56.7. The maximum Gasteiger partial charge on any atom is 0.361 e. The monoisotopic (exact) mass is 1060 g/mol. The first-order chi connectivity index (χ1) is 36.6. The number of unbranched alkanes of at least 4 members (excludes halogenated alkanes) is 45. The molecule has 0 saturated heterocycles. The second-order valence-electron chi connectivity index (χ2n) is 23.8. The van der Waals surface area contributed by atoms with Crippen LogP contribution in [0.4, 0.5) is 0 Å². The Balaban J connectivity index is 4.03. The highest BCUT2D eigenvalue weighted by atomic mass is 16.7. The zero-order valence-electron chi connectivity index (χ0n) is 50.7. The van der Waals surface area contributed by atoms with Gasteiger partial charge in [0.15, 0.2) is 6.10 Å². The van der Waals surface area contributed by atoms with E-state index in [1.807, 2.05) is 21.1 Å². The van der Waals surface area contributed by atoms with Crippen LogP contribution in [0.15, 0.2) is 12.2 Å². The number of quaternary nitrogens is 1. The van der Waals surface area contributed by atoms with Gasteiger partial charge >= 0.3 is 17.9 Å². The lowest BCUT2D eigenvalue weighted by Gasteiger charge is -2.25. The molecule has 0 spiro atoms. The summed E-state index contributed by atoms with van der Waals surface area (Å²) in [4.78, 5) is 37.5. The van der Waals surface area contributed by atoms with Crippen LogP contribution in [0.2, 0.25) is 0 Å². The number of carboxylic acids is 1. The van der Waals surface area contributed by atoms with E-state index < -0.39 is 24.3 Å². The minimum absolute atomic E-state index is 0.177. The molecule has 444 valence electrons. The van der Waals surface area contributed by atoms with Crippen LogP contribution in [-0.2, 0) is 33.3 Å². The van der Waals surface area contributed by atoms with E-state index in [1.54, 1.807) is 0 Å². The van der Waals surface area contributed by atoms with Gasteiger partial charge in [0, 0.05) is 12.8 Å². The predicted octanol–water partition coefficient (Wildman–Crippen LogP) is 19.7. The highest BCUT2D eigenvalue weighted by Gasteiger charge is 2.25. The van der Waals surface area contributed by atoms with Crippen LogP contribution in [0, 0.1) is 0 Å². The maximum absolute atomic E-state index is 12.9. The van der Waals surface area contributed by atoms with E-state index in [0.29, 0.717) is 17.4 Å². The molecule has 0 aliphatic rings. The number of carbonyl (C=O) groups is 3. The van der Waals surface area contributed by atoms with E-state index in [2.05, 4.69) is 26.0 Å². The molecule has 0 aromatic rings. The third kappa shape index (κ3) is 59.5. The first-order valence-electron chi connectivity index (χ1n) is 32.9. The summed E-state index contributed by atoms with van der Waals surface area (Å²) in [5, 5.41) is 9.71. The van der Waals surface area contributed by atoms with Crippen LogP contribution in [0.5, 0.6) is 0 Å². The van der Waals surface area contributed by atoms with Gasteiger partial charge in [-0.3, -0.25) is 9.59 Å². The Morgan fingerprint density at radius 3 is 0.987 bits per heavy atom. The van der Waals surface area contributed by atoms with Gasteiger partial charge < -0.3 is 28.5 Å². The highest BCUT2D eigenvalue weighted by Crippen LogP contribution is 2.19. The zero-order valence-corrected chi connectivity index (χ0v) is 50.7. The van der Waals surface area contributed by atoms with E-state index in [4.69, 9.17) is 18.9 Å². The molecule has 0 aliphatic carbocycles. The third-order valence-corrected chi connectivity index (χ3v) is 15.0. The molecule has 0 aliphatic heterocycles. The first-order valence-corrected chi connectivity index (χ1v) is 32.9. The Hall–Kier alpha value is -1.97. The normalized spacial score (nSPS) is 12.7. The summed E-state index contributed by atoms with van der Waals surface area (Å²) in [7, 11) is 5.98. The van der Waals surface area contributed by atoms with Crippen LogP contribution in [0.1, 0.15) is 335 Å². The number of esters is 2. The number of hydrogen-bond acceptors (Lipinski definition) is 7. The maximum atomic E-state index is 12.9. The molecule has 9 nitrogen and oxygen atoms in total. The number of hydrogen-bond donors (Lipinski definition) is 1. The van der Waals surface area contributed by atoms with Crippen molar-refractivity contribution in [2.24, 2.45) is 0 Å². The molecule has 0 fully saturated rings. The molecule has 0 amide bonds. The summed E-state index contributed by atoms with van der Waals surface area (Å²) in [6.07, 6.45) is 66.1. The minimum atomic E-state index is -1.51. The zero-order chi connectivity index (χ0) is 54.8. The average molecular weight is 1060 g/mol. The summed E-state index contributed by atoms with van der Waals surface area (Å²) in [6, 6.07) is 0. The summed E-state index contributed by atoms with van der Waals surface area (Å²) in [5.74, 6) is -1.98. The Morgan fingerprint density at radius 2 is 0.680 bits per heavy atom. The van der Waals surface area contributed by atoms with Crippen molar-refractivity contribution in [2.45, 2.75) is 347 Å². The van der Waals surface area contributed by atoms with Gasteiger partial charge in [0.25, 0.3) is 6.29 Å². The van der Waals surface area contributed by atoms with Crippen molar-refractivity contribution in [3.8, 4) is 0 Å². The number of rotatable bonds is 62. The number of likely N-dealkylation sites (N-methyl/N-ethyl adjacent to an activating group) is 1. The van der Waals surface area contributed by atoms with Crippen molar-refractivity contribution < 1.29 is 42.9 Å². The van der Waals surface area contributed by atoms with Gasteiger partial charge in [0.2, 0.25) is 0 Å². The Labute approximate surface area is 465 Å². The van der Waals surface area contributed by atoms with E-state index in [-0.39, 0.29) is 32.2 Å². The topological polar surface area (TPSA) is 108 Å². The van der Waals surface area contributed by atoms with Crippen LogP contribution in [-0.4, -0.2) is 87.4 Å². The second kappa shape index (κ2) is 58.2. The van der Waals surface area contributed by atoms with Crippen molar-refractivity contribution in [1.82, 2.24) is 0 Å². The predicted molar refractivity (Wildman–Crippen MR) is 318 cm³/mol. The second-order valence-corrected chi connectivity index (χ2v) is 23.8. The van der Waals surface area contributed by atoms with Crippen LogP contribution in [0.25, 0.3) is 0 Å². The SMILES string of the molecule is CCCCCCCCC/C=C\CCCCCCCCCC(=O)OC(COC(=O)CCCCCCCCCCCCCCCCCCCCCCCCCCCCCCCCCC)COC(OCC[N+](C)(C)C)C(=O)O. The van der Waals surface area contributed by atoms with Crippen molar-refractivity contribution in [3.63, 3.8) is 0 Å². The standard InChI is InChI=1S/C66H127NO8/c1-6-8-10-12-14-16-18-20-22-24-26-27-28-29-30-31-32-33-34-35-36-37-38-39-41-42-44-46-48-50-52-54-56-63(68)73-60-62(61-74-66(65(70)71)72-59-58-67(3,4)5)75-64(69)57-55-53-51-49-47-45-43-40-25-23-21-19-17-15-13-11-9-7-2/h23,25,62,66H,6-22,24,26-61H2,1-5H3/p+1/b25-23-. The molecule has 0 rings (SSSR count). The molecule has 0 bridgehead atoms. The van der Waals surface area contributed by atoms with Gasteiger partial charge in [-0.15, -0.1) is 0 Å². The molecule has 0 saturated carbocycles. The number of allylic oxidation sites excluding steroid dienone is 2. The number of ether oxygens (including phenoxy) is 4. The van der Waals surface area contributed by atoms with E-state index in [9.17, 15) is 19.5 Å². The lowest BCUT2D eigenvalue weighted by atomic mass is 10.0. The van der Waals surface area contributed by atoms with Gasteiger partial charge in [-0.25, -0.2) is 4.79 Å². The molecule has 0 aromatic heterocycles. The lowest BCUT2D eigenvalue weighted by Crippen LogP contribution is -2.40. The van der Waals surface area contributed by atoms with Crippen LogP contribution < -0.4 is 0 Å². The van der Waals surface area contributed by atoms with Crippen molar-refractivity contribution in [2.75, 3.05) is 47.5 Å². The number of carboxylic acid groups (broad SMARTS) is 1. The molecule has 0 radical (unpaired) electrons. The fourth-order valence-electron chi connectivity index (χ4n) is 9.95. The quantitative estimate of drug-likeness (QED) is 0.0211. The fourth-order valence-corrected chi connectivity index (χ4v) is 9.95. The van der Waals surface area contributed by atoms with Gasteiger partial charge in [0.1, 0.15) is 13.2 Å². The van der Waals surface area contributed by atoms with Gasteiger partial charge in [-0.1, -0.05) is 296 Å². The number of carbonyl (C=O) groups excluding carboxylic acids is 2. The Morgan fingerprint density at radius 1 is 0.387 bits per heavy atom. The summed E-state index contributed by atoms with van der Waals surface area (Å²) in [5.41, 5.74) is 0. The van der Waals surface area contributed by atoms with Crippen LogP contribution in [0.3, 0.4) is 0 Å². The average Bonchev–Trinajstić information content (AvgIpc) is 3.38. The summed E-state index contributed by atoms with van der Waals surface area (Å²) < 4.78 is 22.9. The molecular weight excluding hydrogens is 935 g/mol. The number of aliphatic carboxylic acids is 1. The fraction of sp³-hybridized carbons (Fsp3) is 0.924. The van der Waals surface area contributed by atoms with E-state index in [1.165, 1.54) is 257 Å². The molecule has 75 heavy (non-hydrogen) atoms. The molecule has 9 heteroatoms. The largest absolute Gasteiger partial charge is 0.477 e. The van der Waals surface area contributed by atoms with Gasteiger partial charge in [-0.05, 0) is 38.5 Å². The van der Waals surface area contributed by atoms with Gasteiger partial charge in [0.05, 0.1) is 34.4 Å². The first kappa shape index (κ1) is 73.0. The van der Waals surface area contributed by atoms with E-state index >= 15 is 0 Å². The summed E-state index contributed by atoms with van der Waals surface area (Å²) >= 11 is 0. The lowest BCUT2D eigenvalue weighted by molar-refractivity contribution is -0.870. The van der Waals surface area contributed by atoms with Crippen molar-refractivity contribution >= 4 is 17.9 Å². The molecule has 2 unspecified atom stereocenters. The molecule has 1 N–H and O–H groups in total. The third-order valence-electron chi connectivity index (χ3n) is 15.0. The number of nitrogens with zero attached hydrogens (tertiary/aromatic N) is 1. The molecular formula is C66H128NO8+. The van der Waals surface area contributed by atoms with E-state index in [0.717, 1.165) is 51.4 Å². The molecule has 0 aromatic carbocycles. The smallest absolute Gasteiger partial charge is 0.361 e. The molecule has 0 heterocycles. The molecule has 2 atom stereocenters. The van der Waals surface area contributed by atoms with Crippen LogP contribution >= 0.6 is 0 Å². The van der Waals surface area contributed by atoms with Crippen molar-refractivity contribution in [3.05, 3.63) is 12.2 Å². The van der Waals surface area contributed by atoms with Crippen molar-refractivity contribution in [1.29, 1.82) is 0 Å². The minimum Gasteiger partial charge on any atom is -0.477 e. The summed E-state index contributed by atoms with van der Waals surface area (Å²) in [6.45, 7) is 4.94. The highest BCUT2D eigenvalue weighted by molar-refractivity contribution is 5.71. The Bertz CT molecular complexity index is 1240. The van der Waals surface area contributed by atoms with Gasteiger partial charge in [-0.2, -0.15) is 0 Å².